The van der Waals surface area contributed by atoms with Crippen molar-refractivity contribution in [3.8, 4) is 50.3 Å². The fourth-order valence-corrected chi connectivity index (χ4v) is 6.30. The van der Waals surface area contributed by atoms with Crippen molar-refractivity contribution in [1.29, 1.82) is 0 Å². The highest BCUT2D eigenvalue weighted by Gasteiger charge is 2.30. The van der Waals surface area contributed by atoms with Crippen LogP contribution in [0, 0.1) is 0 Å². The van der Waals surface area contributed by atoms with Gasteiger partial charge in [-0.2, -0.15) is 0 Å². The van der Waals surface area contributed by atoms with Crippen LogP contribution in [0.5, 0.6) is 5.75 Å². The second kappa shape index (κ2) is 7.83. The van der Waals surface area contributed by atoms with E-state index < -0.39 is 0 Å². The van der Waals surface area contributed by atoms with Crippen LogP contribution in [0.3, 0.4) is 0 Å². The van der Waals surface area contributed by atoms with E-state index in [0.29, 0.717) is 0 Å². The first-order chi connectivity index (χ1) is 17.3. The third kappa shape index (κ3) is 2.93. The Hall–Kier alpha value is -3.88. The number of halogens is 1. The van der Waals surface area contributed by atoms with Crippen molar-refractivity contribution in [3.63, 3.8) is 0 Å². The third-order valence-electron chi connectivity index (χ3n) is 7.16. The fourth-order valence-electron chi connectivity index (χ4n) is 5.76. The summed E-state index contributed by atoms with van der Waals surface area (Å²) in [6.07, 6.45) is 0. The number of rotatable bonds is 3. The molecule has 0 amide bonds. The highest BCUT2D eigenvalue weighted by Crippen LogP contribution is 2.57. The van der Waals surface area contributed by atoms with Crippen molar-refractivity contribution < 1.29 is 4.74 Å². The maximum absolute atomic E-state index is 5.54. The zero-order valence-electron chi connectivity index (χ0n) is 19.2. The standard InChI is InChI=1S/C33H21BrO/c1-35-28-18-17-22(19-27(28)34)31-24-14-6-5-13-23(24)30(21-9-3-2-4-10-21)32-25-15-7-11-20-12-8-16-26(29(20)25)33(31)32/h2-19H,1H3. The Morgan fingerprint density at radius 3 is 1.74 bits per heavy atom. The van der Waals surface area contributed by atoms with Gasteiger partial charge >= 0.3 is 0 Å². The van der Waals surface area contributed by atoms with E-state index in [1.54, 1.807) is 7.11 Å². The van der Waals surface area contributed by atoms with Gasteiger partial charge in [0, 0.05) is 0 Å². The molecule has 35 heavy (non-hydrogen) atoms. The average molecular weight is 513 g/mol. The molecule has 1 nitrogen and oxygen atoms in total. The fraction of sp³-hybridized carbons (Fsp3) is 0.0303. The minimum Gasteiger partial charge on any atom is -0.496 e. The normalized spacial score (nSPS) is 11.7. The molecular weight excluding hydrogens is 492 g/mol. The Morgan fingerprint density at radius 1 is 0.543 bits per heavy atom. The molecule has 6 aromatic carbocycles. The van der Waals surface area contributed by atoms with Gasteiger partial charge in [-0.25, -0.2) is 0 Å². The molecule has 0 bridgehead atoms. The minimum atomic E-state index is 0.834. The molecule has 7 rings (SSSR count). The largest absolute Gasteiger partial charge is 0.496 e. The van der Waals surface area contributed by atoms with Crippen LogP contribution < -0.4 is 4.74 Å². The smallest absolute Gasteiger partial charge is 0.133 e. The molecular formula is C33H21BrO. The molecule has 0 N–H and O–H groups in total. The number of benzene rings is 6. The van der Waals surface area contributed by atoms with E-state index in [9.17, 15) is 0 Å². The number of fused-ring (bicyclic) bond motifs is 4. The van der Waals surface area contributed by atoms with Crippen molar-refractivity contribution >= 4 is 37.5 Å². The number of hydrogen-bond acceptors (Lipinski definition) is 1. The van der Waals surface area contributed by atoms with Gasteiger partial charge in [0.25, 0.3) is 0 Å². The van der Waals surface area contributed by atoms with Crippen LogP contribution in [-0.4, -0.2) is 7.11 Å². The maximum Gasteiger partial charge on any atom is 0.133 e. The average Bonchev–Trinajstić information content (AvgIpc) is 3.23. The van der Waals surface area contributed by atoms with Gasteiger partial charge in [-0.3, -0.25) is 0 Å². The molecule has 0 radical (unpaired) electrons. The summed E-state index contributed by atoms with van der Waals surface area (Å²) in [7, 11) is 1.71. The van der Waals surface area contributed by atoms with E-state index in [2.05, 4.69) is 119 Å². The van der Waals surface area contributed by atoms with Crippen molar-refractivity contribution in [2.24, 2.45) is 0 Å². The Labute approximate surface area is 212 Å². The summed E-state index contributed by atoms with van der Waals surface area (Å²) < 4.78 is 6.50. The highest BCUT2D eigenvalue weighted by atomic mass is 79.9. The molecule has 1 aliphatic rings. The first-order valence-corrected chi connectivity index (χ1v) is 12.6. The lowest BCUT2D eigenvalue weighted by molar-refractivity contribution is 0.412. The first-order valence-electron chi connectivity index (χ1n) is 11.8. The summed E-state index contributed by atoms with van der Waals surface area (Å²) in [4.78, 5) is 0. The van der Waals surface area contributed by atoms with Crippen molar-refractivity contribution in [2.45, 2.75) is 0 Å². The monoisotopic (exact) mass is 512 g/mol. The molecule has 0 aromatic heterocycles. The number of ether oxygens (including phenoxy) is 1. The summed E-state index contributed by atoms with van der Waals surface area (Å²) in [6.45, 7) is 0. The molecule has 0 saturated heterocycles. The molecule has 0 unspecified atom stereocenters. The lowest BCUT2D eigenvalue weighted by atomic mass is 9.82. The van der Waals surface area contributed by atoms with Crippen LogP contribution in [0.25, 0.3) is 66.1 Å². The molecule has 166 valence electrons. The van der Waals surface area contributed by atoms with Crippen molar-refractivity contribution in [1.82, 2.24) is 0 Å². The zero-order chi connectivity index (χ0) is 23.5. The zero-order valence-corrected chi connectivity index (χ0v) is 20.8. The van der Waals surface area contributed by atoms with Gasteiger partial charge in [0.05, 0.1) is 11.6 Å². The van der Waals surface area contributed by atoms with Crippen LogP contribution in [-0.2, 0) is 0 Å². The maximum atomic E-state index is 5.54. The van der Waals surface area contributed by atoms with E-state index in [1.807, 2.05) is 6.07 Å². The van der Waals surface area contributed by atoms with E-state index >= 15 is 0 Å². The Kier molecular flexibility index (Phi) is 4.58. The first kappa shape index (κ1) is 20.5. The van der Waals surface area contributed by atoms with Gasteiger partial charge in [-0.15, -0.1) is 0 Å². The summed E-state index contributed by atoms with van der Waals surface area (Å²) in [5, 5.41) is 5.14. The van der Waals surface area contributed by atoms with E-state index in [-0.39, 0.29) is 0 Å². The molecule has 0 heterocycles. The Balaban J connectivity index is 1.72. The SMILES string of the molecule is COc1ccc(-c2c3c(c(-c4ccccc4)c4ccccc24)-c2cccc4cccc-3c24)cc1Br. The molecule has 2 heteroatoms. The lowest BCUT2D eigenvalue weighted by Crippen LogP contribution is -1.94. The molecule has 0 spiro atoms. The summed E-state index contributed by atoms with van der Waals surface area (Å²) >= 11 is 3.73. The molecule has 0 fully saturated rings. The van der Waals surface area contributed by atoms with E-state index in [0.717, 1.165) is 10.2 Å². The highest BCUT2D eigenvalue weighted by molar-refractivity contribution is 9.10. The number of hydrogen-bond donors (Lipinski definition) is 0. The van der Waals surface area contributed by atoms with Crippen molar-refractivity contribution in [2.75, 3.05) is 7.11 Å². The Morgan fingerprint density at radius 2 is 1.14 bits per heavy atom. The van der Waals surface area contributed by atoms with Crippen molar-refractivity contribution in [3.05, 3.63) is 114 Å². The molecule has 0 atom stereocenters. The summed E-state index contributed by atoms with van der Waals surface area (Å²) in [5.41, 5.74) is 10.2. The second-order valence-corrected chi connectivity index (χ2v) is 9.82. The molecule has 6 aromatic rings. The predicted molar refractivity (Wildman–Crippen MR) is 151 cm³/mol. The lowest BCUT2D eigenvalue weighted by Gasteiger charge is -2.20. The predicted octanol–water partition coefficient (Wildman–Crippen LogP) is 9.75. The summed E-state index contributed by atoms with van der Waals surface area (Å²) in [5.74, 6) is 0.834. The molecule has 0 saturated carbocycles. The van der Waals surface area contributed by atoms with Crippen LogP contribution >= 0.6 is 15.9 Å². The van der Waals surface area contributed by atoms with Crippen LogP contribution in [0.15, 0.2) is 114 Å². The minimum absolute atomic E-state index is 0.834. The topological polar surface area (TPSA) is 9.23 Å². The molecule has 1 aliphatic carbocycles. The van der Waals surface area contributed by atoms with Gasteiger partial charge in [0.1, 0.15) is 5.75 Å². The van der Waals surface area contributed by atoms with E-state index in [1.165, 1.54) is 66.1 Å². The number of methoxy groups -OCH3 is 1. The second-order valence-electron chi connectivity index (χ2n) is 8.97. The Bertz CT molecular complexity index is 1780. The molecule has 0 aliphatic heterocycles. The van der Waals surface area contributed by atoms with Gasteiger partial charge in [0.2, 0.25) is 0 Å². The third-order valence-corrected chi connectivity index (χ3v) is 7.78. The van der Waals surface area contributed by atoms with Crippen LogP contribution in [0.1, 0.15) is 0 Å². The van der Waals surface area contributed by atoms with Gasteiger partial charge in [-0.1, -0.05) is 97.1 Å². The van der Waals surface area contributed by atoms with Gasteiger partial charge in [-0.05, 0) is 94.1 Å². The quantitative estimate of drug-likeness (QED) is 0.229. The van der Waals surface area contributed by atoms with Crippen LogP contribution in [0.2, 0.25) is 0 Å². The van der Waals surface area contributed by atoms with E-state index in [4.69, 9.17) is 4.74 Å². The van der Waals surface area contributed by atoms with Gasteiger partial charge < -0.3 is 4.74 Å². The van der Waals surface area contributed by atoms with Crippen LogP contribution in [0.4, 0.5) is 0 Å². The summed E-state index contributed by atoms with van der Waals surface area (Å²) in [6, 6.07) is 39.4. The van der Waals surface area contributed by atoms with Gasteiger partial charge in [0.15, 0.2) is 0 Å².